The van der Waals surface area contributed by atoms with Crippen molar-refractivity contribution in [2.45, 2.75) is 12.3 Å². The van der Waals surface area contributed by atoms with Gasteiger partial charge in [-0.3, -0.25) is 15.4 Å². The van der Waals surface area contributed by atoms with Crippen molar-refractivity contribution in [3.63, 3.8) is 0 Å². The molecular weight excluding hydrogens is 256 g/mol. The fraction of sp³-hybridized carbons (Fsp3) is 0.200. The molecule has 102 valence electrons. The summed E-state index contributed by atoms with van der Waals surface area (Å²) in [6.45, 7) is 0.692. The molecule has 1 heterocycles. The summed E-state index contributed by atoms with van der Waals surface area (Å²) in [5.41, 5.74) is 2.12. The van der Waals surface area contributed by atoms with Gasteiger partial charge in [0, 0.05) is 18.7 Å². The van der Waals surface area contributed by atoms with E-state index in [2.05, 4.69) is 5.32 Å². The zero-order valence-electron chi connectivity index (χ0n) is 10.7. The average molecular weight is 270 g/mol. The van der Waals surface area contributed by atoms with Crippen LogP contribution in [-0.2, 0) is 4.74 Å². The van der Waals surface area contributed by atoms with E-state index in [4.69, 9.17) is 4.74 Å². The highest BCUT2D eigenvalue weighted by Gasteiger charge is 2.27. The Morgan fingerprint density at radius 3 is 2.40 bits per heavy atom. The number of hydrogen-bond acceptors (Lipinski definition) is 4. The summed E-state index contributed by atoms with van der Waals surface area (Å²) >= 11 is 0. The summed E-state index contributed by atoms with van der Waals surface area (Å²) in [6.07, 6.45) is -0.211. The molecule has 1 aliphatic rings. The first-order valence-electron chi connectivity index (χ1n) is 6.42. The van der Waals surface area contributed by atoms with E-state index < -0.39 is 4.92 Å². The Bertz CT molecular complexity index is 598. The second kappa shape index (κ2) is 5.40. The first-order chi connectivity index (χ1) is 9.74. The molecule has 1 saturated heterocycles. The Kier molecular flexibility index (Phi) is 3.45. The third-order valence-corrected chi connectivity index (χ3v) is 3.37. The van der Waals surface area contributed by atoms with E-state index in [1.54, 1.807) is 12.1 Å². The number of rotatable bonds is 3. The van der Waals surface area contributed by atoms with Crippen LogP contribution in [-0.4, -0.2) is 11.5 Å². The lowest BCUT2D eigenvalue weighted by Gasteiger charge is -2.13. The lowest BCUT2D eigenvalue weighted by atomic mass is 10.1. The van der Waals surface area contributed by atoms with Crippen molar-refractivity contribution >= 4 is 5.69 Å². The number of non-ortho nitro benzene ring substituents is 1. The summed E-state index contributed by atoms with van der Waals surface area (Å²) in [7, 11) is 0. The minimum absolute atomic E-state index is 0.0824. The predicted octanol–water partition coefficient (Wildman–Crippen LogP) is 2.95. The Balaban J connectivity index is 1.72. The van der Waals surface area contributed by atoms with Crippen LogP contribution in [0.5, 0.6) is 0 Å². The molecule has 20 heavy (non-hydrogen) atoms. The molecule has 2 aromatic carbocycles. The van der Waals surface area contributed by atoms with Gasteiger partial charge in [0.2, 0.25) is 0 Å². The lowest BCUT2D eigenvalue weighted by molar-refractivity contribution is -0.384. The molecule has 0 amide bonds. The number of benzene rings is 2. The molecule has 2 aromatic rings. The first-order valence-corrected chi connectivity index (χ1v) is 6.42. The standard InChI is InChI=1S/C15H14N2O3/c18-17(19)13-8-6-11(7-9-13)14-10-16-15(20-14)12-4-2-1-3-5-12/h1-9,14-16H,10H2/t14-,15+/m1/s1. The third-order valence-electron chi connectivity index (χ3n) is 3.37. The van der Waals surface area contributed by atoms with Gasteiger partial charge in [0.1, 0.15) is 6.23 Å². The molecule has 5 nitrogen and oxygen atoms in total. The maximum absolute atomic E-state index is 10.6. The number of nitrogens with one attached hydrogen (secondary N) is 1. The van der Waals surface area contributed by atoms with Crippen molar-refractivity contribution < 1.29 is 9.66 Å². The van der Waals surface area contributed by atoms with Crippen LogP contribution in [0.4, 0.5) is 5.69 Å². The third kappa shape index (κ3) is 2.54. The summed E-state index contributed by atoms with van der Waals surface area (Å²) in [4.78, 5) is 10.2. The van der Waals surface area contributed by atoms with Crippen LogP contribution in [0.1, 0.15) is 23.5 Å². The number of hydrogen-bond donors (Lipinski definition) is 1. The molecule has 0 aromatic heterocycles. The maximum Gasteiger partial charge on any atom is 0.269 e. The van der Waals surface area contributed by atoms with E-state index >= 15 is 0 Å². The van der Waals surface area contributed by atoms with E-state index in [-0.39, 0.29) is 18.0 Å². The number of nitro benzene ring substituents is 1. The maximum atomic E-state index is 10.6. The van der Waals surface area contributed by atoms with Gasteiger partial charge in [-0.15, -0.1) is 0 Å². The fourth-order valence-electron chi connectivity index (χ4n) is 2.31. The Hall–Kier alpha value is -2.24. The molecular formula is C15H14N2O3. The number of nitro groups is 1. The van der Waals surface area contributed by atoms with Gasteiger partial charge < -0.3 is 4.74 Å². The minimum atomic E-state index is -0.399. The van der Waals surface area contributed by atoms with E-state index in [1.165, 1.54) is 12.1 Å². The summed E-state index contributed by atoms with van der Waals surface area (Å²) in [6, 6.07) is 16.4. The first kappa shape index (κ1) is 12.8. The molecule has 0 bridgehead atoms. The molecule has 0 radical (unpaired) electrons. The Morgan fingerprint density at radius 2 is 1.75 bits per heavy atom. The molecule has 3 rings (SSSR count). The molecule has 0 saturated carbocycles. The monoisotopic (exact) mass is 270 g/mol. The topological polar surface area (TPSA) is 64.4 Å². The van der Waals surface area contributed by atoms with Gasteiger partial charge in [0.15, 0.2) is 0 Å². The van der Waals surface area contributed by atoms with Crippen LogP contribution in [0.3, 0.4) is 0 Å². The van der Waals surface area contributed by atoms with Crippen LogP contribution in [0.25, 0.3) is 0 Å². The highest BCUT2D eigenvalue weighted by Crippen LogP contribution is 2.31. The average Bonchev–Trinajstić information content (AvgIpc) is 2.98. The van der Waals surface area contributed by atoms with Gasteiger partial charge in [0.25, 0.3) is 5.69 Å². The minimum Gasteiger partial charge on any atom is -0.350 e. The predicted molar refractivity (Wildman–Crippen MR) is 74.1 cm³/mol. The zero-order chi connectivity index (χ0) is 13.9. The second-order valence-electron chi connectivity index (χ2n) is 4.67. The van der Waals surface area contributed by atoms with Gasteiger partial charge in [-0.05, 0) is 23.3 Å². The van der Waals surface area contributed by atoms with E-state index in [0.717, 1.165) is 11.1 Å². The lowest BCUT2D eigenvalue weighted by Crippen LogP contribution is -2.13. The van der Waals surface area contributed by atoms with Crippen molar-refractivity contribution in [2.24, 2.45) is 0 Å². The van der Waals surface area contributed by atoms with Crippen LogP contribution < -0.4 is 5.32 Å². The van der Waals surface area contributed by atoms with E-state index in [9.17, 15) is 10.1 Å². The molecule has 1 fully saturated rings. The molecule has 5 heteroatoms. The van der Waals surface area contributed by atoms with Gasteiger partial charge in [-0.25, -0.2) is 0 Å². The van der Waals surface area contributed by atoms with Crippen molar-refractivity contribution in [1.29, 1.82) is 0 Å². The highest BCUT2D eigenvalue weighted by atomic mass is 16.6. The number of nitrogens with zero attached hydrogens (tertiary/aromatic N) is 1. The van der Waals surface area contributed by atoms with Gasteiger partial charge >= 0.3 is 0 Å². The highest BCUT2D eigenvalue weighted by molar-refractivity contribution is 5.34. The van der Waals surface area contributed by atoms with E-state index in [0.29, 0.717) is 6.54 Å². The SMILES string of the molecule is O=[N+]([O-])c1ccc([C@H]2CN[C@H](c3ccccc3)O2)cc1. The Morgan fingerprint density at radius 1 is 1.05 bits per heavy atom. The van der Waals surface area contributed by atoms with Crippen LogP contribution in [0, 0.1) is 10.1 Å². The van der Waals surface area contributed by atoms with Gasteiger partial charge in [-0.2, -0.15) is 0 Å². The fourth-order valence-corrected chi connectivity index (χ4v) is 2.31. The van der Waals surface area contributed by atoms with Crippen molar-refractivity contribution in [3.05, 3.63) is 75.8 Å². The van der Waals surface area contributed by atoms with Crippen molar-refractivity contribution in [3.8, 4) is 0 Å². The summed E-state index contributed by atoms with van der Waals surface area (Å²) in [5.74, 6) is 0. The van der Waals surface area contributed by atoms with Crippen molar-refractivity contribution in [2.75, 3.05) is 6.54 Å². The number of ether oxygens (including phenoxy) is 1. The molecule has 1 aliphatic heterocycles. The summed E-state index contributed by atoms with van der Waals surface area (Å²) < 4.78 is 5.95. The molecule has 0 unspecified atom stereocenters. The quantitative estimate of drug-likeness (QED) is 0.688. The van der Waals surface area contributed by atoms with Gasteiger partial charge in [0.05, 0.1) is 11.0 Å². The van der Waals surface area contributed by atoms with Crippen molar-refractivity contribution in [1.82, 2.24) is 5.32 Å². The summed E-state index contributed by atoms with van der Waals surface area (Å²) in [5, 5.41) is 13.9. The smallest absolute Gasteiger partial charge is 0.269 e. The largest absolute Gasteiger partial charge is 0.350 e. The normalized spacial score (nSPS) is 21.8. The zero-order valence-corrected chi connectivity index (χ0v) is 10.7. The van der Waals surface area contributed by atoms with Gasteiger partial charge in [-0.1, -0.05) is 30.3 Å². The molecule has 0 aliphatic carbocycles. The van der Waals surface area contributed by atoms with E-state index in [1.807, 2.05) is 30.3 Å². The van der Waals surface area contributed by atoms with Crippen LogP contribution >= 0.6 is 0 Å². The molecule has 1 N–H and O–H groups in total. The van der Waals surface area contributed by atoms with Crippen LogP contribution in [0.15, 0.2) is 54.6 Å². The Labute approximate surface area is 116 Å². The second-order valence-corrected chi connectivity index (χ2v) is 4.67. The molecule has 0 spiro atoms. The molecule has 2 atom stereocenters. The van der Waals surface area contributed by atoms with Crippen LogP contribution in [0.2, 0.25) is 0 Å².